The number of likely N-dealkylation sites (tertiary alicyclic amines) is 2. The molecule has 0 unspecified atom stereocenters. The number of piperidine rings is 2. The summed E-state index contributed by atoms with van der Waals surface area (Å²) >= 11 is 6.16. The van der Waals surface area contributed by atoms with E-state index in [-0.39, 0.29) is 6.03 Å². The number of urea groups is 1. The van der Waals surface area contributed by atoms with Gasteiger partial charge < -0.3 is 19.7 Å². The number of aromatic nitrogens is 1. The zero-order valence-electron chi connectivity index (χ0n) is 21.5. The second-order valence-corrected chi connectivity index (χ2v) is 10.9. The van der Waals surface area contributed by atoms with Crippen LogP contribution in [0.15, 0.2) is 42.6 Å². The van der Waals surface area contributed by atoms with Crippen molar-refractivity contribution in [3.05, 3.63) is 63.8 Å². The van der Waals surface area contributed by atoms with Crippen LogP contribution in [0.4, 0.5) is 4.79 Å². The fraction of sp³-hybridized carbons (Fsp3) is 0.500. The first-order chi connectivity index (χ1) is 17.6. The highest BCUT2D eigenvalue weighted by Gasteiger charge is 2.27. The summed E-state index contributed by atoms with van der Waals surface area (Å²) in [6.07, 6.45) is 17.9. The maximum absolute atomic E-state index is 12.9. The number of carbonyl (C=O) groups excluding carboxylic acids is 1. The van der Waals surface area contributed by atoms with E-state index >= 15 is 0 Å². The van der Waals surface area contributed by atoms with Crippen LogP contribution in [0.1, 0.15) is 56.9 Å². The fourth-order valence-corrected chi connectivity index (χ4v) is 6.03. The smallest absolute Gasteiger partial charge is 0.317 e. The lowest BCUT2D eigenvalue weighted by Crippen LogP contribution is -2.46. The molecule has 5 rings (SSSR count). The Bertz CT molecular complexity index is 1180. The van der Waals surface area contributed by atoms with Gasteiger partial charge in [0, 0.05) is 47.1 Å². The highest BCUT2D eigenvalue weighted by molar-refractivity contribution is 6.30. The van der Waals surface area contributed by atoms with Crippen molar-refractivity contribution in [3.8, 4) is 5.69 Å². The molecule has 0 atom stereocenters. The van der Waals surface area contributed by atoms with Gasteiger partial charge in [-0.25, -0.2) is 4.79 Å². The lowest BCUT2D eigenvalue weighted by Gasteiger charge is -2.34. The molecule has 2 fully saturated rings. The molecule has 36 heavy (non-hydrogen) atoms. The first-order valence-corrected chi connectivity index (χ1v) is 14.1. The first-order valence-electron chi connectivity index (χ1n) is 13.7. The molecule has 2 aromatic rings. The molecule has 2 aliphatic heterocycles. The second-order valence-electron chi connectivity index (χ2n) is 10.4. The number of carbonyl (C=O) groups is 1. The average Bonchev–Trinajstić information content (AvgIpc) is 3.25. The van der Waals surface area contributed by atoms with Gasteiger partial charge >= 0.3 is 6.03 Å². The van der Waals surface area contributed by atoms with Crippen molar-refractivity contribution < 1.29 is 4.79 Å². The summed E-state index contributed by atoms with van der Waals surface area (Å²) in [4.78, 5) is 17.4. The van der Waals surface area contributed by atoms with Crippen LogP contribution in [0, 0.1) is 5.92 Å². The molecule has 1 aliphatic carbocycles. The van der Waals surface area contributed by atoms with Crippen LogP contribution < -0.4 is 15.9 Å². The van der Waals surface area contributed by atoms with Crippen molar-refractivity contribution >= 4 is 29.8 Å². The van der Waals surface area contributed by atoms with Gasteiger partial charge in [0.05, 0.1) is 0 Å². The molecule has 0 saturated carbocycles. The van der Waals surface area contributed by atoms with Crippen molar-refractivity contribution in [1.82, 2.24) is 19.7 Å². The molecule has 192 valence electrons. The van der Waals surface area contributed by atoms with Crippen molar-refractivity contribution in [3.63, 3.8) is 0 Å². The SMILES string of the molecule is CCN1CCC(CNC(=O)N2CCC(c3cn(-c4ccc(Cl)cc4)c4/c3=C\C=C\CC\C=4)CC2)CC1. The quantitative estimate of drug-likeness (QED) is 0.640. The Labute approximate surface area is 220 Å². The molecule has 1 aromatic carbocycles. The molecular weight excluding hydrogens is 468 g/mol. The van der Waals surface area contributed by atoms with Gasteiger partial charge in [-0.05, 0) is 99.8 Å². The van der Waals surface area contributed by atoms with Crippen molar-refractivity contribution in [2.75, 3.05) is 39.3 Å². The molecule has 2 saturated heterocycles. The number of rotatable bonds is 5. The molecule has 0 radical (unpaired) electrons. The molecule has 3 aliphatic rings. The van der Waals surface area contributed by atoms with Gasteiger partial charge in [-0.3, -0.25) is 0 Å². The summed E-state index contributed by atoms with van der Waals surface area (Å²) < 4.78 is 2.32. The Morgan fingerprint density at radius 1 is 1.03 bits per heavy atom. The zero-order valence-corrected chi connectivity index (χ0v) is 22.2. The lowest BCUT2D eigenvalue weighted by molar-refractivity contribution is 0.168. The third kappa shape index (κ3) is 5.73. The van der Waals surface area contributed by atoms with Crippen molar-refractivity contribution in [2.45, 2.75) is 51.4 Å². The van der Waals surface area contributed by atoms with Gasteiger partial charge in [-0.15, -0.1) is 0 Å². The maximum atomic E-state index is 12.9. The minimum atomic E-state index is 0.114. The third-order valence-corrected chi connectivity index (χ3v) is 8.46. The summed E-state index contributed by atoms with van der Waals surface area (Å²) in [5, 5.41) is 6.58. The van der Waals surface area contributed by atoms with E-state index in [2.05, 4.69) is 64.3 Å². The van der Waals surface area contributed by atoms with E-state index < -0.39 is 0 Å². The van der Waals surface area contributed by atoms with Crippen molar-refractivity contribution in [1.29, 1.82) is 0 Å². The summed E-state index contributed by atoms with van der Waals surface area (Å²) in [5.74, 6) is 1.06. The minimum Gasteiger partial charge on any atom is -0.338 e. The van der Waals surface area contributed by atoms with Crippen LogP contribution in [0.3, 0.4) is 0 Å². The van der Waals surface area contributed by atoms with Gasteiger partial charge in [-0.2, -0.15) is 0 Å². The summed E-state index contributed by atoms with van der Waals surface area (Å²) in [7, 11) is 0. The highest BCUT2D eigenvalue weighted by Crippen LogP contribution is 2.27. The van der Waals surface area contributed by atoms with Crippen LogP contribution in [0.25, 0.3) is 17.8 Å². The topological polar surface area (TPSA) is 40.5 Å². The van der Waals surface area contributed by atoms with Gasteiger partial charge in [0.15, 0.2) is 0 Å². The monoisotopic (exact) mass is 506 g/mol. The second kappa shape index (κ2) is 11.7. The van der Waals surface area contributed by atoms with E-state index in [9.17, 15) is 4.79 Å². The van der Waals surface area contributed by atoms with Crippen LogP contribution in [0.5, 0.6) is 0 Å². The number of halogens is 1. The number of amides is 2. The summed E-state index contributed by atoms with van der Waals surface area (Å²) in [6.45, 7) is 8.11. The van der Waals surface area contributed by atoms with E-state index in [1.54, 1.807) is 0 Å². The van der Waals surface area contributed by atoms with E-state index in [1.165, 1.54) is 29.0 Å². The number of hydrogen-bond acceptors (Lipinski definition) is 2. The number of nitrogens with one attached hydrogen (secondary N) is 1. The molecular formula is C30H39ClN4O. The summed E-state index contributed by atoms with van der Waals surface area (Å²) in [6, 6.07) is 8.21. The highest BCUT2D eigenvalue weighted by atomic mass is 35.5. The Kier molecular flexibility index (Phi) is 8.18. The Morgan fingerprint density at radius 2 is 1.78 bits per heavy atom. The molecule has 2 amide bonds. The standard InChI is InChI=1S/C30H39ClN4O/c1-2-33-17-13-23(14-18-33)21-32-30(36)34-19-15-24(16-20-34)28-22-35(26-11-9-25(31)10-12-26)29-8-6-4-3-5-7-27(28)29/h3,5,7-12,22-24H,2,4,6,13-21H2,1H3,(H,32,36)/b5-3+,27-7-,29-8+. The van der Waals surface area contributed by atoms with Gasteiger partial charge in [0.1, 0.15) is 0 Å². The molecule has 0 spiro atoms. The first kappa shape index (κ1) is 25.2. The normalized spacial score (nSPS) is 22.4. The lowest BCUT2D eigenvalue weighted by atomic mass is 9.90. The van der Waals surface area contributed by atoms with Crippen LogP contribution in [-0.4, -0.2) is 59.7 Å². The average molecular weight is 507 g/mol. The van der Waals surface area contributed by atoms with Gasteiger partial charge in [0.2, 0.25) is 0 Å². The number of nitrogens with zero attached hydrogens (tertiary/aromatic N) is 3. The number of allylic oxidation sites excluding steroid dienone is 2. The minimum absolute atomic E-state index is 0.114. The van der Waals surface area contributed by atoms with E-state index in [1.807, 2.05) is 17.0 Å². The van der Waals surface area contributed by atoms with Crippen molar-refractivity contribution in [2.24, 2.45) is 5.92 Å². The van der Waals surface area contributed by atoms with E-state index in [0.29, 0.717) is 11.8 Å². The predicted molar refractivity (Wildman–Crippen MR) is 149 cm³/mol. The predicted octanol–water partition coefficient (Wildman–Crippen LogP) is 4.66. The Balaban J connectivity index is 1.26. The molecule has 5 nitrogen and oxygen atoms in total. The number of benzene rings is 1. The van der Waals surface area contributed by atoms with E-state index in [0.717, 1.165) is 75.7 Å². The zero-order chi connectivity index (χ0) is 24.9. The number of fused-ring (bicyclic) bond motifs is 1. The Morgan fingerprint density at radius 3 is 2.50 bits per heavy atom. The molecule has 0 bridgehead atoms. The van der Waals surface area contributed by atoms with Crippen LogP contribution >= 0.6 is 11.6 Å². The molecule has 1 aromatic heterocycles. The van der Waals surface area contributed by atoms with Gasteiger partial charge in [-0.1, -0.05) is 42.8 Å². The van der Waals surface area contributed by atoms with Gasteiger partial charge in [0.25, 0.3) is 0 Å². The molecule has 3 heterocycles. The third-order valence-electron chi connectivity index (χ3n) is 8.21. The largest absolute Gasteiger partial charge is 0.338 e. The fourth-order valence-electron chi connectivity index (χ4n) is 5.91. The molecule has 1 N–H and O–H groups in total. The van der Waals surface area contributed by atoms with Crippen LogP contribution in [-0.2, 0) is 0 Å². The van der Waals surface area contributed by atoms with E-state index in [4.69, 9.17) is 11.6 Å². The number of hydrogen-bond donors (Lipinski definition) is 1. The maximum Gasteiger partial charge on any atom is 0.317 e. The Hall–Kier alpha value is -2.50. The summed E-state index contributed by atoms with van der Waals surface area (Å²) in [5.41, 5.74) is 2.53. The van der Waals surface area contributed by atoms with Crippen LogP contribution in [0.2, 0.25) is 5.02 Å². The molecule has 6 heteroatoms.